The number of carbonyl (C=O) groups is 1. The van der Waals surface area contributed by atoms with Crippen LogP contribution in [0.2, 0.25) is 0 Å². The summed E-state index contributed by atoms with van der Waals surface area (Å²) in [6.07, 6.45) is -1.15. The first-order valence-electron chi connectivity index (χ1n) is 5.04. The molecule has 0 saturated heterocycles. The lowest BCUT2D eigenvalue weighted by atomic mass is 10.1. The minimum Gasteiger partial charge on any atom is -0.382 e. The summed E-state index contributed by atoms with van der Waals surface area (Å²) in [7, 11) is 0. The topological polar surface area (TPSA) is 81.8 Å². The van der Waals surface area contributed by atoms with Crippen molar-refractivity contribution in [3.8, 4) is 0 Å². The molecular weight excluding hydrogens is 261 g/mol. The number of pyridine rings is 1. The van der Waals surface area contributed by atoms with Crippen molar-refractivity contribution in [2.45, 2.75) is 6.18 Å². The van der Waals surface area contributed by atoms with Gasteiger partial charge in [0.1, 0.15) is 5.69 Å². The van der Waals surface area contributed by atoms with Crippen LogP contribution in [0.15, 0.2) is 30.7 Å². The van der Waals surface area contributed by atoms with Crippen LogP contribution in [0.5, 0.6) is 0 Å². The molecule has 19 heavy (non-hydrogen) atoms. The number of hydrogen-bond donors (Lipinski definition) is 1. The Labute approximate surface area is 105 Å². The Bertz CT molecular complexity index is 610. The van der Waals surface area contributed by atoms with E-state index in [1.807, 2.05) is 0 Å². The molecule has 0 bridgehead atoms. The van der Waals surface area contributed by atoms with Gasteiger partial charge >= 0.3 is 6.18 Å². The van der Waals surface area contributed by atoms with Crippen molar-refractivity contribution in [1.82, 2.24) is 15.0 Å². The molecule has 0 aliphatic heterocycles. The summed E-state index contributed by atoms with van der Waals surface area (Å²) in [5.74, 6) is -0.723. The highest BCUT2D eigenvalue weighted by atomic mass is 19.4. The van der Waals surface area contributed by atoms with Crippen LogP contribution >= 0.6 is 0 Å². The molecule has 0 aromatic carbocycles. The fourth-order valence-corrected chi connectivity index (χ4v) is 1.36. The highest BCUT2D eigenvalue weighted by molar-refractivity contribution is 6.09. The highest BCUT2D eigenvalue weighted by Gasteiger charge is 2.32. The number of carbonyl (C=O) groups excluding carboxylic acids is 1. The highest BCUT2D eigenvalue weighted by Crippen LogP contribution is 2.27. The van der Waals surface area contributed by atoms with E-state index >= 15 is 0 Å². The van der Waals surface area contributed by atoms with Crippen LogP contribution in [0.3, 0.4) is 0 Å². The summed E-state index contributed by atoms with van der Waals surface area (Å²) in [4.78, 5) is 22.5. The van der Waals surface area contributed by atoms with Gasteiger partial charge in [-0.05, 0) is 12.1 Å². The van der Waals surface area contributed by atoms with E-state index in [0.29, 0.717) is 0 Å². The molecule has 5 nitrogen and oxygen atoms in total. The Balaban J connectivity index is 2.34. The zero-order valence-corrected chi connectivity index (χ0v) is 9.35. The third-order valence-electron chi connectivity index (χ3n) is 2.26. The SMILES string of the molecule is Nc1nccnc1C(=O)c1ccc(C(F)(F)F)nc1. The summed E-state index contributed by atoms with van der Waals surface area (Å²) in [6.45, 7) is 0. The van der Waals surface area contributed by atoms with Gasteiger partial charge < -0.3 is 5.73 Å². The second-order valence-electron chi connectivity index (χ2n) is 3.55. The zero-order valence-electron chi connectivity index (χ0n) is 9.35. The van der Waals surface area contributed by atoms with E-state index in [4.69, 9.17) is 5.73 Å². The number of aromatic nitrogens is 3. The Hall–Kier alpha value is -2.51. The fraction of sp³-hybridized carbons (Fsp3) is 0.0909. The molecule has 0 amide bonds. The average Bonchev–Trinajstić information content (AvgIpc) is 2.38. The summed E-state index contributed by atoms with van der Waals surface area (Å²) in [6, 6.07) is 1.74. The van der Waals surface area contributed by atoms with Crippen molar-refractivity contribution in [2.24, 2.45) is 0 Å². The molecule has 8 heteroatoms. The summed E-state index contributed by atoms with van der Waals surface area (Å²) < 4.78 is 37.0. The second kappa shape index (κ2) is 4.63. The first-order chi connectivity index (χ1) is 8.89. The predicted molar refractivity (Wildman–Crippen MR) is 59.1 cm³/mol. The maximum atomic E-state index is 12.3. The molecule has 98 valence electrons. The van der Waals surface area contributed by atoms with Crippen LogP contribution in [0.1, 0.15) is 21.7 Å². The van der Waals surface area contributed by atoms with Gasteiger partial charge in [0.2, 0.25) is 5.78 Å². The van der Waals surface area contributed by atoms with Gasteiger partial charge in [0.15, 0.2) is 11.5 Å². The van der Waals surface area contributed by atoms with Crippen molar-refractivity contribution in [2.75, 3.05) is 5.73 Å². The van der Waals surface area contributed by atoms with E-state index in [9.17, 15) is 18.0 Å². The quantitative estimate of drug-likeness (QED) is 0.838. The average molecular weight is 268 g/mol. The van der Waals surface area contributed by atoms with E-state index < -0.39 is 17.7 Å². The molecule has 0 fully saturated rings. The van der Waals surface area contributed by atoms with Gasteiger partial charge in [-0.15, -0.1) is 0 Å². The largest absolute Gasteiger partial charge is 0.433 e. The standard InChI is InChI=1S/C11H7F3N4O/c12-11(13,14)7-2-1-6(5-18-7)9(19)8-10(15)17-4-3-16-8/h1-5H,(H2,15,17). The molecule has 2 rings (SSSR count). The van der Waals surface area contributed by atoms with E-state index in [1.165, 1.54) is 12.4 Å². The number of hydrogen-bond acceptors (Lipinski definition) is 5. The lowest BCUT2D eigenvalue weighted by molar-refractivity contribution is -0.141. The molecule has 0 spiro atoms. The monoisotopic (exact) mass is 268 g/mol. The fourth-order valence-electron chi connectivity index (χ4n) is 1.36. The van der Waals surface area contributed by atoms with Gasteiger partial charge in [-0.3, -0.25) is 9.78 Å². The van der Waals surface area contributed by atoms with Crippen LogP contribution in [0, 0.1) is 0 Å². The number of alkyl halides is 3. The molecule has 2 N–H and O–H groups in total. The van der Waals surface area contributed by atoms with E-state index in [2.05, 4.69) is 15.0 Å². The Kier molecular flexibility index (Phi) is 3.16. The van der Waals surface area contributed by atoms with Gasteiger partial charge in [0, 0.05) is 24.2 Å². The van der Waals surface area contributed by atoms with Crippen LogP contribution in [0.25, 0.3) is 0 Å². The number of nitrogens with two attached hydrogens (primary N) is 1. The first-order valence-corrected chi connectivity index (χ1v) is 5.04. The Morgan fingerprint density at radius 2 is 1.79 bits per heavy atom. The smallest absolute Gasteiger partial charge is 0.382 e. The molecule has 0 aliphatic rings. The molecule has 2 aromatic heterocycles. The number of nitrogens with zero attached hydrogens (tertiary/aromatic N) is 3. The normalized spacial score (nSPS) is 11.3. The molecule has 0 unspecified atom stereocenters. The third kappa shape index (κ3) is 2.67. The lowest BCUT2D eigenvalue weighted by Gasteiger charge is -2.06. The van der Waals surface area contributed by atoms with Crippen molar-refractivity contribution < 1.29 is 18.0 Å². The number of halogens is 3. The first kappa shape index (κ1) is 12.9. The van der Waals surface area contributed by atoms with Gasteiger partial charge in [-0.25, -0.2) is 9.97 Å². The van der Waals surface area contributed by atoms with Gasteiger partial charge in [0.25, 0.3) is 0 Å². The minimum absolute atomic E-state index is 0.0415. The molecule has 0 radical (unpaired) electrons. The van der Waals surface area contributed by atoms with Crippen LogP contribution in [-0.4, -0.2) is 20.7 Å². The lowest BCUT2D eigenvalue weighted by Crippen LogP contribution is -2.12. The van der Waals surface area contributed by atoms with Gasteiger partial charge in [0.05, 0.1) is 0 Å². The molecular formula is C11H7F3N4O. The summed E-state index contributed by atoms with van der Waals surface area (Å²) in [5.41, 5.74) is 4.23. The molecule has 2 aromatic rings. The zero-order chi connectivity index (χ0) is 14.0. The van der Waals surface area contributed by atoms with E-state index in [1.54, 1.807) is 0 Å². The van der Waals surface area contributed by atoms with E-state index in [-0.39, 0.29) is 17.1 Å². The number of nitrogen functional groups attached to an aromatic ring is 1. The molecule has 0 saturated carbocycles. The van der Waals surface area contributed by atoms with Crippen LogP contribution in [0.4, 0.5) is 19.0 Å². The number of rotatable bonds is 2. The maximum Gasteiger partial charge on any atom is 0.433 e. The van der Waals surface area contributed by atoms with E-state index in [0.717, 1.165) is 18.3 Å². The summed E-state index contributed by atoms with van der Waals surface area (Å²) >= 11 is 0. The predicted octanol–water partition coefficient (Wildman–Crippen LogP) is 1.70. The number of anilines is 1. The number of ketones is 1. The second-order valence-corrected chi connectivity index (χ2v) is 3.55. The van der Waals surface area contributed by atoms with Crippen molar-refractivity contribution in [3.05, 3.63) is 47.7 Å². The van der Waals surface area contributed by atoms with Crippen LogP contribution < -0.4 is 5.73 Å². The third-order valence-corrected chi connectivity index (χ3v) is 2.26. The van der Waals surface area contributed by atoms with Crippen molar-refractivity contribution in [3.63, 3.8) is 0 Å². The van der Waals surface area contributed by atoms with Crippen molar-refractivity contribution in [1.29, 1.82) is 0 Å². The summed E-state index contributed by atoms with van der Waals surface area (Å²) in [5, 5.41) is 0. The molecule has 0 atom stereocenters. The Morgan fingerprint density at radius 3 is 2.32 bits per heavy atom. The van der Waals surface area contributed by atoms with Gasteiger partial charge in [-0.1, -0.05) is 0 Å². The molecule has 0 aliphatic carbocycles. The van der Waals surface area contributed by atoms with Crippen LogP contribution in [-0.2, 0) is 6.18 Å². The van der Waals surface area contributed by atoms with Gasteiger partial charge in [-0.2, -0.15) is 13.2 Å². The maximum absolute atomic E-state index is 12.3. The Morgan fingerprint density at radius 1 is 1.11 bits per heavy atom. The minimum atomic E-state index is -4.55. The molecule has 2 heterocycles. The van der Waals surface area contributed by atoms with Crippen molar-refractivity contribution >= 4 is 11.6 Å².